The lowest BCUT2D eigenvalue weighted by Gasteiger charge is -2.31. The molecule has 2 unspecified atom stereocenters. The topological polar surface area (TPSA) is 78.9 Å². The summed E-state index contributed by atoms with van der Waals surface area (Å²) in [6, 6.07) is -0.402. The van der Waals surface area contributed by atoms with Gasteiger partial charge in [0.1, 0.15) is 11.6 Å². The van der Waals surface area contributed by atoms with Crippen LogP contribution >= 0.6 is 0 Å². The van der Waals surface area contributed by atoms with Gasteiger partial charge in [0.2, 0.25) is 5.91 Å². The number of aliphatic hydroxyl groups is 1. The number of amides is 2. The van der Waals surface area contributed by atoms with Crippen molar-refractivity contribution in [3.63, 3.8) is 0 Å². The molecule has 2 N–H and O–H groups in total. The van der Waals surface area contributed by atoms with E-state index in [-0.39, 0.29) is 24.9 Å². The molecule has 2 amide bonds. The molecule has 20 heavy (non-hydrogen) atoms. The van der Waals surface area contributed by atoms with Crippen molar-refractivity contribution in [3.8, 4) is 0 Å². The molecule has 2 aliphatic rings. The summed E-state index contributed by atoms with van der Waals surface area (Å²) >= 11 is 0. The van der Waals surface area contributed by atoms with Gasteiger partial charge >= 0.3 is 6.09 Å². The third-order valence-electron chi connectivity index (χ3n) is 3.66. The van der Waals surface area contributed by atoms with Gasteiger partial charge in [-0.1, -0.05) is 0 Å². The van der Waals surface area contributed by atoms with Crippen LogP contribution in [0.15, 0.2) is 0 Å². The van der Waals surface area contributed by atoms with Crippen molar-refractivity contribution in [3.05, 3.63) is 0 Å². The van der Waals surface area contributed by atoms with Crippen LogP contribution in [0.4, 0.5) is 4.79 Å². The first-order valence-electron chi connectivity index (χ1n) is 7.24. The van der Waals surface area contributed by atoms with Crippen LogP contribution in [0.1, 0.15) is 46.5 Å². The van der Waals surface area contributed by atoms with Gasteiger partial charge in [-0.05, 0) is 40.0 Å². The average Bonchev–Trinajstić information content (AvgIpc) is 2.63. The zero-order valence-corrected chi connectivity index (χ0v) is 12.4. The second-order valence-corrected chi connectivity index (χ2v) is 6.67. The highest BCUT2D eigenvalue weighted by molar-refractivity contribution is 5.86. The first-order chi connectivity index (χ1) is 9.26. The van der Waals surface area contributed by atoms with Crippen LogP contribution in [0.2, 0.25) is 0 Å². The van der Waals surface area contributed by atoms with Crippen molar-refractivity contribution in [2.45, 2.75) is 70.2 Å². The molecule has 2 atom stereocenters. The minimum absolute atomic E-state index is 0.150. The van der Waals surface area contributed by atoms with Crippen molar-refractivity contribution in [1.29, 1.82) is 0 Å². The number of carbonyl (C=O) groups excluding carboxylic acids is 2. The van der Waals surface area contributed by atoms with Crippen molar-refractivity contribution < 1.29 is 19.4 Å². The Balaban J connectivity index is 1.98. The summed E-state index contributed by atoms with van der Waals surface area (Å²) in [7, 11) is 0. The Labute approximate surface area is 119 Å². The molecule has 0 bridgehead atoms. The molecule has 0 radical (unpaired) electrons. The standard InChI is InChI=1S/C14H24N2O4/c1-14(2,3)20-13(19)16-8-10(17)7-11(16)12(18)15-9-5-4-6-9/h9-11,17H,4-8H2,1-3H3,(H,15,18). The van der Waals surface area contributed by atoms with Crippen molar-refractivity contribution in [2.24, 2.45) is 0 Å². The summed E-state index contributed by atoms with van der Waals surface area (Å²) in [5.74, 6) is -0.183. The quantitative estimate of drug-likeness (QED) is 0.793. The van der Waals surface area contributed by atoms with Gasteiger partial charge in [0.15, 0.2) is 0 Å². The van der Waals surface area contributed by atoms with E-state index in [9.17, 15) is 14.7 Å². The van der Waals surface area contributed by atoms with E-state index in [0.717, 1.165) is 19.3 Å². The van der Waals surface area contributed by atoms with E-state index in [1.807, 2.05) is 0 Å². The molecule has 2 rings (SSSR count). The lowest BCUT2D eigenvalue weighted by atomic mass is 9.93. The van der Waals surface area contributed by atoms with Crippen LogP contribution in [-0.4, -0.2) is 52.3 Å². The van der Waals surface area contributed by atoms with Crippen LogP contribution in [0.5, 0.6) is 0 Å². The highest BCUT2D eigenvalue weighted by atomic mass is 16.6. The predicted molar refractivity (Wildman–Crippen MR) is 73.1 cm³/mol. The summed E-state index contributed by atoms with van der Waals surface area (Å²) in [5.41, 5.74) is -0.611. The largest absolute Gasteiger partial charge is 0.444 e. The molecule has 6 nitrogen and oxygen atoms in total. The highest BCUT2D eigenvalue weighted by Gasteiger charge is 2.41. The number of nitrogens with zero attached hydrogens (tertiary/aromatic N) is 1. The van der Waals surface area contributed by atoms with Gasteiger partial charge in [0, 0.05) is 12.5 Å². The second-order valence-electron chi connectivity index (χ2n) is 6.67. The highest BCUT2D eigenvalue weighted by Crippen LogP contribution is 2.23. The fourth-order valence-electron chi connectivity index (χ4n) is 2.43. The van der Waals surface area contributed by atoms with Gasteiger partial charge in [0.05, 0.1) is 12.6 Å². The maximum Gasteiger partial charge on any atom is 0.411 e. The van der Waals surface area contributed by atoms with E-state index in [0.29, 0.717) is 0 Å². The fourth-order valence-corrected chi connectivity index (χ4v) is 2.43. The molecule has 2 fully saturated rings. The Kier molecular flexibility index (Phi) is 4.22. The zero-order chi connectivity index (χ0) is 14.9. The van der Waals surface area contributed by atoms with Crippen LogP contribution in [-0.2, 0) is 9.53 Å². The fraction of sp³-hybridized carbons (Fsp3) is 0.857. The molecule has 1 aliphatic carbocycles. The van der Waals surface area contributed by atoms with Crippen molar-refractivity contribution in [1.82, 2.24) is 10.2 Å². The first kappa shape index (κ1) is 15.1. The van der Waals surface area contributed by atoms with E-state index in [2.05, 4.69) is 5.32 Å². The Bertz CT molecular complexity index is 387. The molecule has 1 heterocycles. The van der Waals surface area contributed by atoms with Crippen molar-refractivity contribution >= 4 is 12.0 Å². The Hall–Kier alpha value is -1.30. The summed E-state index contributed by atoms with van der Waals surface area (Å²) in [5, 5.41) is 12.7. The Morgan fingerprint density at radius 1 is 1.30 bits per heavy atom. The molecule has 1 saturated heterocycles. The molecule has 1 saturated carbocycles. The smallest absolute Gasteiger partial charge is 0.411 e. The molecule has 0 aromatic carbocycles. The number of aliphatic hydroxyl groups excluding tert-OH is 1. The number of likely N-dealkylation sites (tertiary alicyclic amines) is 1. The summed E-state index contributed by atoms with van der Waals surface area (Å²) in [6.45, 7) is 5.49. The monoisotopic (exact) mass is 284 g/mol. The summed E-state index contributed by atoms with van der Waals surface area (Å²) in [4.78, 5) is 25.6. The lowest BCUT2D eigenvalue weighted by Crippen LogP contribution is -2.51. The number of ether oxygens (including phenoxy) is 1. The van der Waals surface area contributed by atoms with Gasteiger partial charge in [-0.2, -0.15) is 0 Å². The maximum atomic E-state index is 12.2. The normalized spacial score (nSPS) is 27.1. The minimum atomic E-state index is -0.667. The second kappa shape index (κ2) is 5.60. The van der Waals surface area contributed by atoms with Crippen LogP contribution in [0.25, 0.3) is 0 Å². The van der Waals surface area contributed by atoms with E-state index < -0.39 is 23.8 Å². The molecule has 0 aromatic heterocycles. The molecular formula is C14H24N2O4. The third kappa shape index (κ3) is 3.62. The maximum absolute atomic E-state index is 12.2. The Morgan fingerprint density at radius 3 is 2.45 bits per heavy atom. The molecule has 1 aliphatic heterocycles. The Morgan fingerprint density at radius 2 is 1.95 bits per heavy atom. The number of nitrogens with one attached hydrogen (secondary N) is 1. The van der Waals surface area contributed by atoms with Gasteiger partial charge in [0.25, 0.3) is 0 Å². The predicted octanol–water partition coefficient (Wildman–Crippen LogP) is 1.03. The van der Waals surface area contributed by atoms with E-state index in [4.69, 9.17) is 4.74 Å². The summed E-state index contributed by atoms with van der Waals surface area (Å²) < 4.78 is 5.29. The molecule has 6 heteroatoms. The molecule has 0 spiro atoms. The number of β-amino-alcohol motifs (C(OH)–C–C–N with tert-alkyl or cyclic N) is 1. The van der Waals surface area contributed by atoms with Gasteiger partial charge in [-0.15, -0.1) is 0 Å². The number of carbonyl (C=O) groups is 2. The third-order valence-corrected chi connectivity index (χ3v) is 3.66. The van der Waals surface area contributed by atoms with E-state index in [1.165, 1.54) is 4.90 Å². The van der Waals surface area contributed by atoms with Crippen molar-refractivity contribution in [2.75, 3.05) is 6.54 Å². The first-order valence-corrected chi connectivity index (χ1v) is 7.24. The molecule has 114 valence electrons. The van der Waals surface area contributed by atoms with Gasteiger partial charge in [-0.3, -0.25) is 9.69 Å². The SMILES string of the molecule is CC(C)(C)OC(=O)N1CC(O)CC1C(=O)NC1CCC1. The molecular weight excluding hydrogens is 260 g/mol. The number of rotatable bonds is 2. The number of hydrogen-bond donors (Lipinski definition) is 2. The van der Waals surface area contributed by atoms with Gasteiger partial charge < -0.3 is 15.2 Å². The lowest BCUT2D eigenvalue weighted by molar-refractivity contribution is -0.126. The number of hydrogen-bond acceptors (Lipinski definition) is 4. The van der Waals surface area contributed by atoms with Gasteiger partial charge in [-0.25, -0.2) is 4.79 Å². The summed E-state index contributed by atoms with van der Waals surface area (Å²) in [6.07, 6.45) is 2.19. The van der Waals surface area contributed by atoms with Crippen LogP contribution < -0.4 is 5.32 Å². The zero-order valence-electron chi connectivity index (χ0n) is 12.4. The minimum Gasteiger partial charge on any atom is -0.444 e. The van der Waals surface area contributed by atoms with Crippen LogP contribution in [0, 0.1) is 0 Å². The van der Waals surface area contributed by atoms with E-state index >= 15 is 0 Å². The molecule has 0 aromatic rings. The van der Waals surface area contributed by atoms with Crippen LogP contribution in [0.3, 0.4) is 0 Å². The van der Waals surface area contributed by atoms with E-state index in [1.54, 1.807) is 20.8 Å². The average molecular weight is 284 g/mol.